The third-order valence-corrected chi connectivity index (χ3v) is 3.45. The number of aromatic nitrogens is 1. The van der Waals surface area contributed by atoms with Gasteiger partial charge in [0.05, 0.1) is 11.6 Å². The molecule has 0 amide bonds. The summed E-state index contributed by atoms with van der Waals surface area (Å²) in [6.07, 6.45) is 1.57. The smallest absolute Gasteiger partial charge is 0.298 e. The van der Waals surface area contributed by atoms with Crippen molar-refractivity contribution in [1.82, 2.24) is 4.57 Å². The zero-order valence-electron chi connectivity index (χ0n) is 8.52. The van der Waals surface area contributed by atoms with Crippen LogP contribution < -0.4 is 4.87 Å². The van der Waals surface area contributed by atoms with E-state index in [0.717, 1.165) is 11.3 Å². The SMILES string of the molecule is O=C(Cn1ccsc1=O)c1cc(Cl)ccc1Cl. The zero-order chi connectivity index (χ0) is 12.4. The fourth-order valence-electron chi connectivity index (χ4n) is 1.36. The Balaban J connectivity index is 2.29. The van der Waals surface area contributed by atoms with Gasteiger partial charge in [0.25, 0.3) is 0 Å². The molecular weight excluding hydrogens is 281 g/mol. The van der Waals surface area contributed by atoms with Gasteiger partial charge in [-0.25, -0.2) is 0 Å². The Kier molecular flexibility index (Phi) is 3.66. The lowest BCUT2D eigenvalue weighted by molar-refractivity contribution is 0.0971. The molecular formula is C11H7Cl2NO2S. The molecule has 0 N–H and O–H groups in total. The van der Waals surface area contributed by atoms with Crippen molar-refractivity contribution in [2.24, 2.45) is 0 Å². The number of ketones is 1. The van der Waals surface area contributed by atoms with Gasteiger partial charge in [-0.2, -0.15) is 0 Å². The third kappa shape index (κ3) is 2.77. The van der Waals surface area contributed by atoms with E-state index in [1.807, 2.05) is 0 Å². The average Bonchev–Trinajstić information content (AvgIpc) is 2.68. The van der Waals surface area contributed by atoms with Gasteiger partial charge in [0, 0.05) is 22.2 Å². The van der Waals surface area contributed by atoms with Crippen LogP contribution in [0.25, 0.3) is 0 Å². The molecule has 2 rings (SSSR count). The Morgan fingerprint density at radius 1 is 1.35 bits per heavy atom. The van der Waals surface area contributed by atoms with Gasteiger partial charge in [-0.15, -0.1) is 0 Å². The lowest BCUT2D eigenvalue weighted by atomic mass is 10.1. The van der Waals surface area contributed by atoms with E-state index >= 15 is 0 Å². The molecule has 88 valence electrons. The molecule has 0 radical (unpaired) electrons. The summed E-state index contributed by atoms with van der Waals surface area (Å²) in [5.74, 6) is -0.238. The molecule has 0 aliphatic carbocycles. The van der Waals surface area contributed by atoms with E-state index in [0.29, 0.717) is 15.6 Å². The van der Waals surface area contributed by atoms with Crippen molar-refractivity contribution in [2.45, 2.75) is 6.54 Å². The maximum absolute atomic E-state index is 11.9. The molecule has 1 heterocycles. The highest BCUT2D eigenvalue weighted by atomic mass is 35.5. The van der Waals surface area contributed by atoms with E-state index in [4.69, 9.17) is 23.2 Å². The third-order valence-electron chi connectivity index (χ3n) is 2.19. The summed E-state index contributed by atoms with van der Waals surface area (Å²) in [5.41, 5.74) is 0.331. The molecule has 0 aliphatic rings. The molecule has 0 saturated heterocycles. The fourth-order valence-corrected chi connectivity index (χ4v) is 2.34. The summed E-state index contributed by atoms with van der Waals surface area (Å²) < 4.78 is 1.34. The molecule has 0 unspecified atom stereocenters. The topological polar surface area (TPSA) is 39.1 Å². The van der Waals surface area contributed by atoms with Crippen molar-refractivity contribution >= 4 is 40.3 Å². The monoisotopic (exact) mass is 287 g/mol. The van der Waals surface area contributed by atoms with Crippen LogP contribution in [0.3, 0.4) is 0 Å². The first-order valence-corrected chi connectivity index (χ1v) is 6.33. The van der Waals surface area contributed by atoms with Crippen molar-refractivity contribution in [3.05, 3.63) is 55.1 Å². The first-order chi connectivity index (χ1) is 8.08. The number of hydrogen-bond acceptors (Lipinski definition) is 3. The Morgan fingerprint density at radius 2 is 2.12 bits per heavy atom. The molecule has 0 atom stereocenters. The van der Waals surface area contributed by atoms with Gasteiger partial charge in [0.1, 0.15) is 0 Å². The van der Waals surface area contributed by atoms with Gasteiger partial charge >= 0.3 is 4.87 Å². The van der Waals surface area contributed by atoms with E-state index in [-0.39, 0.29) is 17.2 Å². The minimum Gasteiger partial charge on any atom is -0.298 e. The van der Waals surface area contributed by atoms with Gasteiger partial charge in [0.2, 0.25) is 0 Å². The molecule has 1 aromatic heterocycles. The molecule has 2 aromatic rings. The predicted molar refractivity (Wildman–Crippen MR) is 69.4 cm³/mol. The van der Waals surface area contributed by atoms with E-state index in [9.17, 15) is 9.59 Å². The maximum Gasteiger partial charge on any atom is 0.307 e. The highest BCUT2D eigenvalue weighted by molar-refractivity contribution is 7.07. The van der Waals surface area contributed by atoms with Crippen LogP contribution in [0.2, 0.25) is 10.0 Å². The Morgan fingerprint density at radius 3 is 2.76 bits per heavy atom. The lowest BCUT2D eigenvalue weighted by Crippen LogP contribution is -2.18. The molecule has 0 saturated carbocycles. The summed E-state index contributed by atoms with van der Waals surface area (Å²) >= 11 is 12.7. The van der Waals surface area contributed by atoms with Crippen molar-refractivity contribution < 1.29 is 4.79 Å². The van der Waals surface area contributed by atoms with Gasteiger partial charge in [-0.3, -0.25) is 14.2 Å². The number of Topliss-reactive ketones (excluding diaryl/α,β-unsaturated/α-hetero) is 1. The molecule has 1 aromatic carbocycles. The first-order valence-electron chi connectivity index (χ1n) is 4.70. The van der Waals surface area contributed by atoms with Gasteiger partial charge < -0.3 is 0 Å². The van der Waals surface area contributed by atoms with Crippen LogP contribution in [0, 0.1) is 0 Å². The number of benzene rings is 1. The number of carbonyl (C=O) groups is 1. The van der Waals surface area contributed by atoms with Crippen molar-refractivity contribution in [2.75, 3.05) is 0 Å². The standard InChI is InChI=1S/C11H7Cl2NO2S/c12-7-1-2-9(13)8(5-7)10(15)6-14-3-4-17-11(14)16/h1-5H,6H2. The van der Waals surface area contributed by atoms with E-state index in [1.54, 1.807) is 23.7 Å². The second-order valence-corrected chi connectivity index (χ2v) is 5.04. The first kappa shape index (κ1) is 12.4. The van der Waals surface area contributed by atoms with Crippen molar-refractivity contribution in [3.8, 4) is 0 Å². The minimum atomic E-state index is -0.238. The van der Waals surface area contributed by atoms with Crippen LogP contribution in [-0.2, 0) is 6.54 Å². The number of carbonyl (C=O) groups excluding carboxylic acids is 1. The summed E-state index contributed by atoms with van der Waals surface area (Å²) in [6, 6.07) is 4.68. The molecule has 0 spiro atoms. The maximum atomic E-state index is 11.9. The summed E-state index contributed by atoms with van der Waals surface area (Å²) in [7, 11) is 0. The predicted octanol–water partition coefficient (Wildman–Crippen LogP) is 3.10. The molecule has 0 aliphatic heterocycles. The summed E-state index contributed by atoms with van der Waals surface area (Å²) in [5, 5.41) is 2.41. The van der Waals surface area contributed by atoms with Crippen LogP contribution in [0.5, 0.6) is 0 Å². The van der Waals surface area contributed by atoms with Gasteiger partial charge in [-0.1, -0.05) is 34.5 Å². The van der Waals surface area contributed by atoms with Crippen molar-refractivity contribution in [3.63, 3.8) is 0 Å². The van der Waals surface area contributed by atoms with E-state index < -0.39 is 0 Å². The minimum absolute atomic E-state index is 0.0254. The Bertz CT molecular complexity index is 618. The number of halogens is 2. The summed E-state index contributed by atoms with van der Waals surface area (Å²) in [4.78, 5) is 23.1. The zero-order valence-corrected chi connectivity index (χ0v) is 10.9. The molecule has 17 heavy (non-hydrogen) atoms. The second-order valence-electron chi connectivity index (χ2n) is 3.34. The highest BCUT2D eigenvalue weighted by Crippen LogP contribution is 2.21. The molecule has 0 fully saturated rings. The van der Waals surface area contributed by atoms with Crippen molar-refractivity contribution in [1.29, 1.82) is 0 Å². The second kappa shape index (κ2) is 5.04. The number of nitrogens with zero attached hydrogens (tertiary/aromatic N) is 1. The molecule has 0 bridgehead atoms. The van der Waals surface area contributed by atoms with Crippen LogP contribution in [0.4, 0.5) is 0 Å². The molecule has 3 nitrogen and oxygen atoms in total. The average molecular weight is 288 g/mol. The highest BCUT2D eigenvalue weighted by Gasteiger charge is 2.12. The Labute approximate surface area is 111 Å². The number of hydrogen-bond donors (Lipinski definition) is 0. The van der Waals surface area contributed by atoms with E-state index in [2.05, 4.69) is 0 Å². The molecule has 6 heteroatoms. The van der Waals surface area contributed by atoms with Crippen LogP contribution in [0.15, 0.2) is 34.6 Å². The number of rotatable bonds is 3. The fraction of sp³-hybridized carbons (Fsp3) is 0.0909. The normalized spacial score (nSPS) is 10.5. The van der Waals surface area contributed by atoms with Gasteiger partial charge in [-0.05, 0) is 18.2 Å². The largest absolute Gasteiger partial charge is 0.307 e. The van der Waals surface area contributed by atoms with Gasteiger partial charge in [0.15, 0.2) is 5.78 Å². The Hall–Kier alpha value is -1.10. The lowest BCUT2D eigenvalue weighted by Gasteiger charge is -2.04. The van der Waals surface area contributed by atoms with E-state index in [1.165, 1.54) is 10.6 Å². The van der Waals surface area contributed by atoms with Crippen LogP contribution in [0.1, 0.15) is 10.4 Å². The van der Waals surface area contributed by atoms with Crippen LogP contribution in [-0.4, -0.2) is 10.4 Å². The quantitative estimate of drug-likeness (QED) is 0.814. The van der Waals surface area contributed by atoms with Crippen LogP contribution >= 0.6 is 34.5 Å². The number of thiazole rings is 1. The summed E-state index contributed by atoms with van der Waals surface area (Å²) in [6.45, 7) is -0.0254.